The van der Waals surface area contributed by atoms with Crippen molar-refractivity contribution in [2.45, 2.75) is 23.6 Å². The summed E-state index contributed by atoms with van der Waals surface area (Å²) in [5, 5.41) is 11.3. The van der Waals surface area contributed by atoms with Gasteiger partial charge in [-0.25, -0.2) is 4.98 Å². The first-order valence-corrected chi connectivity index (χ1v) is 6.86. The summed E-state index contributed by atoms with van der Waals surface area (Å²) in [6.45, 7) is 1.86. The second-order valence-electron chi connectivity index (χ2n) is 4.06. The summed E-state index contributed by atoms with van der Waals surface area (Å²) in [6, 6.07) is 7.62. The number of rotatable bonds is 5. The zero-order valence-corrected chi connectivity index (χ0v) is 11.6. The molecule has 19 heavy (non-hydrogen) atoms. The molecule has 100 valence electrons. The van der Waals surface area contributed by atoms with Crippen molar-refractivity contribution in [1.82, 2.24) is 4.98 Å². The van der Waals surface area contributed by atoms with Gasteiger partial charge in [0.15, 0.2) is 0 Å². The molecule has 1 aromatic carbocycles. The number of thioether (sulfide) groups is 1. The van der Waals surface area contributed by atoms with E-state index in [1.165, 1.54) is 11.8 Å². The molecule has 2 rings (SSSR count). The summed E-state index contributed by atoms with van der Waals surface area (Å²) in [5.74, 6) is -0.0695. The quantitative estimate of drug-likeness (QED) is 0.850. The van der Waals surface area contributed by atoms with Crippen LogP contribution in [0.15, 0.2) is 35.5 Å². The minimum Gasteiger partial charge on any atom is -0.497 e. The van der Waals surface area contributed by atoms with Crippen LogP contribution in [0.5, 0.6) is 5.75 Å². The normalized spacial score (nSPS) is 12.3. The van der Waals surface area contributed by atoms with Gasteiger partial charge in [-0.3, -0.25) is 4.79 Å². The summed E-state index contributed by atoms with van der Waals surface area (Å²) in [7, 11) is 1.61. The molecule has 0 radical (unpaired) electrons. The van der Waals surface area contributed by atoms with Gasteiger partial charge in [0.2, 0.25) is 0 Å². The number of pyridine rings is 1. The standard InChI is InChI=1S/C14H15NO3S/c1-3-12(14(16)17)19-13-11-8-10(18-2)5-4-9(11)6-7-15-13/h4-8,12H,3H2,1-2H3,(H,16,17). The summed E-state index contributed by atoms with van der Waals surface area (Å²) in [5.41, 5.74) is 0. The molecule has 0 saturated heterocycles. The van der Waals surface area contributed by atoms with Gasteiger partial charge in [-0.2, -0.15) is 0 Å². The topological polar surface area (TPSA) is 59.4 Å². The zero-order chi connectivity index (χ0) is 13.8. The van der Waals surface area contributed by atoms with Gasteiger partial charge in [0.25, 0.3) is 0 Å². The summed E-state index contributed by atoms with van der Waals surface area (Å²) >= 11 is 1.28. The fourth-order valence-corrected chi connectivity index (χ4v) is 2.75. The van der Waals surface area contributed by atoms with Crippen LogP contribution in [0, 0.1) is 0 Å². The molecule has 0 aliphatic rings. The van der Waals surface area contributed by atoms with Crippen LogP contribution in [0.4, 0.5) is 0 Å². The van der Waals surface area contributed by atoms with Gasteiger partial charge in [-0.05, 0) is 30.0 Å². The average molecular weight is 277 g/mol. The van der Waals surface area contributed by atoms with E-state index in [2.05, 4.69) is 4.98 Å². The lowest BCUT2D eigenvalue weighted by Crippen LogP contribution is -2.14. The Balaban J connectivity index is 2.44. The number of nitrogens with zero attached hydrogens (tertiary/aromatic N) is 1. The number of benzene rings is 1. The molecule has 0 amide bonds. The number of hydrogen-bond acceptors (Lipinski definition) is 4. The van der Waals surface area contributed by atoms with Crippen molar-refractivity contribution in [1.29, 1.82) is 0 Å². The van der Waals surface area contributed by atoms with Crippen molar-refractivity contribution >= 4 is 28.5 Å². The van der Waals surface area contributed by atoms with Gasteiger partial charge in [-0.1, -0.05) is 24.8 Å². The van der Waals surface area contributed by atoms with E-state index in [0.717, 1.165) is 21.5 Å². The monoisotopic (exact) mass is 277 g/mol. The second kappa shape index (κ2) is 5.93. The molecule has 0 fully saturated rings. The van der Waals surface area contributed by atoms with Crippen molar-refractivity contribution in [2.24, 2.45) is 0 Å². The van der Waals surface area contributed by atoms with Gasteiger partial charge in [0, 0.05) is 11.6 Å². The Morgan fingerprint density at radius 1 is 1.47 bits per heavy atom. The van der Waals surface area contributed by atoms with E-state index < -0.39 is 11.2 Å². The number of ether oxygens (including phenoxy) is 1. The molecule has 1 N–H and O–H groups in total. The number of fused-ring (bicyclic) bond motifs is 1. The molecule has 1 atom stereocenters. The Bertz CT molecular complexity index is 600. The molecule has 0 aliphatic heterocycles. The first-order chi connectivity index (χ1) is 9.15. The van der Waals surface area contributed by atoms with Crippen LogP contribution in [-0.4, -0.2) is 28.4 Å². The average Bonchev–Trinajstić information content (AvgIpc) is 2.43. The highest BCUT2D eigenvalue weighted by molar-refractivity contribution is 8.00. The molecule has 0 saturated carbocycles. The summed E-state index contributed by atoms with van der Waals surface area (Å²) in [4.78, 5) is 15.4. The molecular weight excluding hydrogens is 262 g/mol. The third-order valence-corrected chi connectivity index (χ3v) is 4.20. The van der Waals surface area contributed by atoms with Gasteiger partial charge in [-0.15, -0.1) is 0 Å². The molecular formula is C14H15NO3S. The summed E-state index contributed by atoms with van der Waals surface area (Å²) in [6.07, 6.45) is 2.26. The van der Waals surface area contributed by atoms with E-state index in [1.807, 2.05) is 31.2 Å². The highest BCUT2D eigenvalue weighted by Crippen LogP contribution is 2.32. The highest BCUT2D eigenvalue weighted by Gasteiger charge is 2.18. The Morgan fingerprint density at radius 2 is 2.26 bits per heavy atom. The largest absolute Gasteiger partial charge is 0.497 e. The van der Waals surface area contributed by atoms with Gasteiger partial charge >= 0.3 is 5.97 Å². The van der Waals surface area contributed by atoms with Gasteiger partial charge < -0.3 is 9.84 Å². The highest BCUT2D eigenvalue weighted by atomic mass is 32.2. The third kappa shape index (κ3) is 2.98. The van der Waals surface area contributed by atoms with Crippen LogP contribution < -0.4 is 4.74 Å². The number of carbonyl (C=O) groups is 1. The SMILES string of the molecule is CCC(Sc1nccc2ccc(OC)cc12)C(=O)O. The third-order valence-electron chi connectivity index (χ3n) is 2.84. The number of aliphatic carboxylic acids is 1. The lowest BCUT2D eigenvalue weighted by atomic mass is 10.2. The first-order valence-electron chi connectivity index (χ1n) is 5.98. The van der Waals surface area contributed by atoms with Crippen LogP contribution in [0.2, 0.25) is 0 Å². The molecule has 0 spiro atoms. The smallest absolute Gasteiger partial charge is 0.317 e. The first kappa shape index (κ1) is 13.7. The van der Waals surface area contributed by atoms with Crippen LogP contribution in [0.3, 0.4) is 0 Å². The molecule has 1 aromatic heterocycles. The molecule has 5 heteroatoms. The van der Waals surface area contributed by atoms with Gasteiger partial charge in [0.05, 0.1) is 7.11 Å². The molecule has 1 unspecified atom stereocenters. The van der Waals surface area contributed by atoms with Crippen LogP contribution >= 0.6 is 11.8 Å². The van der Waals surface area contributed by atoms with E-state index in [9.17, 15) is 4.79 Å². The lowest BCUT2D eigenvalue weighted by Gasteiger charge is -2.11. The zero-order valence-electron chi connectivity index (χ0n) is 10.8. The van der Waals surface area contributed by atoms with Crippen molar-refractivity contribution in [3.63, 3.8) is 0 Å². The fourth-order valence-electron chi connectivity index (χ4n) is 1.78. The van der Waals surface area contributed by atoms with E-state index in [4.69, 9.17) is 9.84 Å². The molecule has 4 nitrogen and oxygen atoms in total. The van der Waals surface area contributed by atoms with Crippen molar-refractivity contribution < 1.29 is 14.6 Å². The maximum Gasteiger partial charge on any atom is 0.317 e. The predicted molar refractivity (Wildman–Crippen MR) is 75.9 cm³/mol. The number of methoxy groups -OCH3 is 1. The van der Waals surface area contributed by atoms with Crippen LogP contribution in [0.1, 0.15) is 13.3 Å². The fraction of sp³-hybridized carbons (Fsp3) is 0.286. The minimum absolute atomic E-state index is 0.482. The number of carboxylic acids is 1. The number of hydrogen-bond donors (Lipinski definition) is 1. The molecule has 1 heterocycles. The Hall–Kier alpha value is -1.75. The van der Waals surface area contributed by atoms with Gasteiger partial charge in [0.1, 0.15) is 16.0 Å². The molecule has 2 aromatic rings. The summed E-state index contributed by atoms with van der Waals surface area (Å²) < 4.78 is 5.20. The lowest BCUT2D eigenvalue weighted by molar-refractivity contribution is -0.136. The van der Waals surface area contributed by atoms with E-state index in [0.29, 0.717) is 6.42 Å². The Kier molecular flexibility index (Phi) is 4.27. The minimum atomic E-state index is -0.811. The predicted octanol–water partition coefficient (Wildman–Crippen LogP) is 3.20. The second-order valence-corrected chi connectivity index (χ2v) is 5.25. The molecule has 0 bridgehead atoms. The Labute approximate surface area is 115 Å². The molecule has 0 aliphatic carbocycles. The Morgan fingerprint density at radius 3 is 2.89 bits per heavy atom. The van der Waals surface area contributed by atoms with Crippen LogP contribution in [-0.2, 0) is 4.79 Å². The van der Waals surface area contributed by atoms with Crippen molar-refractivity contribution in [2.75, 3.05) is 7.11 Å². The van der Waals surface area contributed by atoms with E-state index >= 15 is 0 Å². The number of aromatic nitrogens is 1. The maximum absolute atomic E-state index is 11.1. The van der Waals surface area contributed by atoms with Crippen molar-refractivity contribution in [3.8, 4) is 5.75 Å². The van der Waals surface area contributed by atoms with Crippen LogP contribution in [0.25, 0.3) is 10.8 Å². The number of carboxylic acid groups (broad SMARTS) is 1. The maximum atomic E-state index is 11.1. The van der Waals surface area contributed by atoms with E-state index in [1.54, 1.807) is 13.3 Å². The van der Waals surface area contributed by atoms with E-state index in [-0.39, 0.29) is 0 Å². The van der Waals surface area contributed by atoms with Crippen molar-refractivity contribution in [3.05, 3.63) is 30.5 Å².